The number of carbonyl (C=O) groups excluding carboxylic acids is 1. The Morgan fingerprint density at radius 1 is 1.08 bits per heavy atom. The van der Waals surface area contributed by atoms with Gasteiger partial charge < -0.3 is 4.98 Å². The zero-order valence-corrected chi connectivity index (χ0v) is 13.8. The van der Waals surface area contributed by atoms with Crippen molar-refractivity contribution in [2.45, 2.75) is 4.90 Å². The molecule has 3 N–H and O–H groups in total. The second kappa shape index (κ2) is 7.02. The predicted molar refractivity (Wildman–Crippen MR) is 88.2 cm³/mol. The molecule has 0 aliphatic rings. The van der Waals surface area contributed by atoms with Crippen LogP contribution in [0.2, 0.25) is 0 Å². The third-order valence-electron chi connectivity index (χ3n) is 3.42. The maximum atomic E-state index is 14.6. The Morgan fingerprint density at radius 2 is 1.81 bits per heavy atom. The van der Waals surface area contributed by atoms with Crippen molar-refractivity contribution in [1.82, 2.24) is 20.2 Å². The van der Waals surface area contributed by atoms with Crippen LogP contribution in [0.25, 0.3) is 11.4 Å². The number of aromatic nitrogens is 2. The van der Waals surface area contributed by atoms with Crippen molar-refractivity contribution >= 4 is 15.9 Å². The average Bonchev–Trinajstić information content (AvgIpc) is 3.15. The number of amides is 1. The van der Waals surface area contributed by atoms with Crippen molar-refractivity contribution in [2.75, 3.05) is 0 Å². The lowest BCUT2D eigenvalue weighted by Crippen LogP contribution is -2.42. The molecule has 0 bridgehead atoms. The lowest BCUT2D eigenvalue weighted by Gasteiger charge is -2.11. The van der Waals surface area contributed by atoms with E-state index in [9.17, 15) is 22.0 Å². The molecule has 0 saturated heterocycles. The van der Waals surface area contributed by atoms with E-state index in [1.165, 1.54) is 36.7 Å². The molecule has 134 valence electrons. The highest BCUT2D eigenvalue weighted by Gasteiger charge is 2.23. The first kappa shape index (κ1) is 17.7. The lowest BCUT2D eigenvalue weighted by atomic mass is 10.1. The van der Waals surface area contributed by atoms with E-state index in [4.69, 9.17) is 0 Å². The normalized spacial score (nSPS) is 11.3. The number of benzene rings is 2. The van der Waals surface area contributed by atoms with Crippen LogP contribution in [-0.4, -0.2) is 24.3 Å². The lowest BCUT2D eigenvalue weighted by molar-refractivity contribution is 0.0936. The van der Waals surface area contributed by atoms with Gasteiger partial charge in [0.2, 0.25) is 0 Å². The number of nitrogens with zero attached hydrogens (tertiary/aromatic N) is 1. The van der Waals surface area contributed by atoms with Gasteiger partial charge in [0.1, 0.15) is 23.0 Å². The van der Waals surface area contributed by atoms with Gasteiger partial charge in [-0.1, -0.05) is 18.2 Å². The van der Waals surface area contributed by atoms with E-state index in [1.54, 1.807) is 16.3 Å². The second-order valence-electron chi connectivity index (χ2n) is 5.09. The number of hydrogen-bond donors (Lipinski definition) is 3. The van der Waals surface area contributed by atoms with E-state index < -0.39 is 33.1 Å². The maximum Gasteiger partial charge on any atom is 0.272 e. The number of imidazole rings is 1. The molecule has 0 radical (unpaired) electrons. The van der Waals surface area contributed by atoms with Crippen LogP contribution >= 0.6 is 0 Å². The molecule has 3 rings (SSSR count). The molecule has 0 atom stereocenters. The van der Waals surface area contributed by atoms with Crippen molar-refractivity contribution in [2.24, 2.45) is 0 Å². The van der Waals surface area contributed by atoms with Gasteiger partial charge in [0, 0.05) is 12.4 Å². The third-order valence-corrected chi connectivity index (χ3v) is 4.69. The highest BCUT2D eigenvalue weighted by atomic mass is 32.2. The molecule has 7 nitrogen and oxygen atoms in total. The van der Waals surface area contributed by atoms with Crippen LogP contribution in [0.4, 0.5) is 8.78 Å². The van der Waals surface area contributed by atoms with Crippen LogP contribution in [0.3, 0.4) is 0 Å². The largest absolute Gasteiger partial charge is 0.345 e. The number of aromatic amines is 1. The monoisotopic (exact) mass is 378 g/mol. The molecule has 1 heterocycles. The summed E-state index contributed by atoms with van der Waals surface area (Å²) in [5.74, 6) is -3.50. The summed E-state index contributed by atoms with van der Waals surface area (Å²) in [6, 6.07) is 9.20. The van der Waals surface area contributed by atoms with Crippen LogP contribution in [0, 0.1) is 11.6 Å². The minimum atomic E-state index is -4.09. The van der Waals surface area contributed by atoms with Crippen molar-refractivity contribution < 1.29 is 22.0 Å². The number of hydrazine groups is 1. The summed E-state index contributed by atoms with van der Waals surface area (Å²) in [5.41, 5.74) is 0.737. The van der Waals surface area contributed by atoms with Crippen LogP contribution in [0.5, 0.6) is 0 Å². The summed E-state index contributed by atoms with van der Waals surface area (Å²) in [6.07, 6.45) is 2.80. The summed E-state index contributed by atoms with van der Waals surface area (Å²) in [7, 11) is -4.09. The average molecular weight is 378 g/mol. The first-order valence-electron chi connectivity index (χ1n) is 7.25. The molecule has 0 aliphatic carbocycles. The quantitative estimate of drug-likeness (QED) is 0.591. The van der Waals surface area contributed by atoms with Gasteiger partial charge in [-0.3, -0.25) is 10.2 Å². The van der Waals surface area contributed by atoms with Gasteiger partial charge in [-0.15, -0.1) is 4.83 Å². The van der Waals surface area contributed by atoms with Crippen LogP contribution < -0.4 is 10.3 Å². The standard InChI is InChI=1S/C16H12F2N4O3S/c17-12-7-6-11(15-19-8-9-20-15)14(18)13(12)16(23)21-22-26(24,25)10-4-2-1-3-5-10/h1-9,22H,(H,19,20)(H,21,23). The first-order chi connectivity index (χ1) is 12.4. The number of halogens is 2. The Balaban J connectivity index is 1.86. The molecular weight excluding hydrogens is 366 g/mol. The van der Waals surface area contributed by atoms with Crippen molar-refractivity contribution in [3.05, 3.63) is 72.1 Å². The highest BCUT2D eigenvalue weighted by molar-refractivity contribution is 7.89. The number of H-pyrrole nitrogens is 1. The van der Waals surface area contributed by atoms with Crippen LogP contribution in [-0.2, 0) is 10.0 Å². The maximum absolute atomic E-state index is 14.6. The van der Waals surface area contributed by atoms with Gasteiger partial charge in [-0.05, 0) is 24.3 Å². The smallest absolute Gasteiger partial charge is 0.272 e. The minimum absolute atomic E-state index is 0.0985. The number of hydrogen-bond acceptors (Lipinski definition) is 4. The van der Waals surface area contributed by atoms with E-state index in [1.807, 2.05) is 0 Å². The van der Waals surface area contributed by atoms with Crippen molar-refractivity contribution in [3.8, 4) is 11.4 Å². The number of rotatable bonds is 5. The molecule has 0 unspecified atom stereocenters. The summed E-state index contributed by atoms with van der Waals surface area (Å²) in [5, 5.41) is 0. The fraction of sp³-hybridized carbons (Fsp3) is 0. The van der Waals surface area contributed by atoms with Gasteiger partial charge >= 0.3 is 0 Å². The molecule has 10 heteroatoms. The topological polar surface area (TPSA) is 104 Å². The molecule has 0 spiro atoms. The van der Waals surface area contributed by atoms with Gasteiger partial charge in [-0.25, -0.2) is 22.2 Å². The van der Waals surface area contributed by atoms with Gasteiger partial charge in [0.15, 0.2) is 0 Å². The van der Waals surface area contributed by atoms with E-state index >= 15 is 0 Å². The number of nitrogens with one attached hydrogen (secondary N) is 3. The first-order valence-corrected chi connectivity index (χ1v) is 8.73. The fourth-order valence-corrected chi connectivity index (χ4v) is 3.05. The molecule has 26 heavy (non-hydrogen) atoms. The molecule has 0 aliphatic heterocycles. The molecule has 3 aromatic rings. The van der Waals surface area contributed by atoms with Crippen LogP contribution in [0.1, 0.15) is 10.4 Å². The Labute approximate surface area is 147 Å². The van der Waals surface area contributed by atoms with Gasteiger partial charge in [0.25, 0.3) is 15.9 Å². The van der Waals surface area contributed by atoms with Gasteiger partial charge in [-0.2, -0.15) is 0 Å². The molecular formula is C16H12F2N4O3S. The number of sulfonamides is 1. The summed E-state index contributed by atoms with van der Waals surface area (Å²) in [4.78, 5) is 20.3. The Kier molecular flexibility index (Phi) is 4.78. The fourth-order valence-electron chi connectivity index (χ4n) is 2.19. The molecule has 2 aromatic carbocycles. The molecule has 0 fully saturated rings. The van der Waals surface area contributed by atoms with E-state index in [-0.39, 0.29) is 16.3 Å². The Bertz CT molecular complexity index is 1040. The van der Waals surface area contributed by atoms with Gasteiger partial charge in [0.05, 0.1) is 10.5 Å². The van der Waals surface area contributed by atoms with E-state index in [2.05, 4.69) is 9.97 Å². The summed E-state index contributed by atoms with van der Waals surface area (Å²) < 4.78 is 52.6. The minimum Gasteiger partial charge on any atom is -0.345 e. The molecule has 0 saturated carbocycles. The van der Waals surface area contributed by atoms with Crippen molar-refractivity contribution in [3.63, 3.8) is 0 Å². The Hall–Kier alpha value is -3.11. The van der Waals surface area contributed by atoms with E-state index in [0.717, 1.165) is 12.1 Å². The zero-order chi connectivity index (χ0) is 18.7. The number of carbonyl (C=O) groups is 1. The van der Waals surface area contributed by atoms with Crippen molar-refractivity contribution in [1.29, 1.82) is 0 Å². The molecule has 1 aromatic heterocycles. The zero-order valence-electron chi connectivity index (χ0n) is 13.0. The third kappa shape index (κ3) is 3.46. The van der Waals surface area contributed by atoms with E-state index in [0.29, 0.717) is 0 Å². The summed E-state index contributed by atoms with van der Waals surface area (Å²) in [6.45, 7) is 0. The predicted octanol–water partition coefficient (Wildman–Crippen LogP) is 1.98. The Morgan fingerprint density at radius 3 is 2.46 bits per heavy atom. The highest BCUT2D eigenvalue weighted by Crippen LogP contribution is 2.24. The molecule has 1 amide bonds. The van der Waals surface area contributed by atoms with Crippen LogP contribution in [0.15, 0.2) is 59.8 Å². The second-order valence-corrected chi connectivity index (χ2v) is 6.78. The SMILES string of the molecule is O=C(NNS(=O)(=O)c1ccccc1)c1c(F)ccc(-c2ncc[nH]2)c1F. The summed E-state index contributed by atoms with van der Waals surface area (Å²) >= 11 is 0.